The number of aromatic amines is 1. The van der Waals surface area contributed by atoms with Crippen LogP contribution >= 0.6 is 0 Å². The standard InChI is InChI=1S/C17H13N5O5.C7H9N/c23-12-6-27-11-2-1-8(3-10(11)22-12)4-19-16(24)15-14-13(20-7-21-15)9(5-18-14)17(25)26;8-6-7-4-2-1-3-5-7/h1-3,5,7,18H,4,6H2,(H,19,24)(H,22,23)(H,25,26);1-5H,6,8H2. The molecule has 2 amide bonds. The Morgan fingerprint density at radius 3 is 2.63 bits per heavy atom. The normalized spacial score (nSPS) is 12.0. The summed E-state index contributed by atoms with van der Waals surface area (Å²) in [7, 11) is 0. The molecule has 11 heteroatoms. The van der Waals surface area contributed by atoms with Gasteiger partial charge in [-0.3, -0.25) is 9.59 Å². The van der Waals surface area contributed by atoms with E-state index in [1.807, 2.05) is 30.3 Å². The van der Waals surface area contributed by atoms with Crippen LogP contribution in [-0.4, -0.2) is 44.4 Å². The number of carboxylic acids is 1. The first-order chi connectivity index (χ1) is 17.0. The summed E-state index contributed by atoms with van der Waals surface area (Å²) < 4.78 is 5.29. The maximum atomic E-state index is 12.5. The first-order valence-corrected chi connectivity index (χ1v) is 10.6. The van der Waals surface area contributed by atoms with E-state index in [1.165, 1.54) is 11.8 Å². The number of aromatic carboxylic acids is 1. The van der Waals surface area contributed by atoms with Gasteiger partial charge in [-0.05, 0) is 23.3 Å². The number of benzene rings is 2. The van der Waals surface area contributed by atoms with Gasteiger partial charge in [0, 0.05) is 19.3 Å². The molecule has 0 atom stereocenters. The van der Waals surface area contributed by atoms with Gasteiger partial charge < -0.3 is 31.2 Å². The molecular weight excluding hydrogens is 452 g/mol. The number of rotatable bonds is 5. The van der Waals surface area contributed by atoms with Crippen molar-refractivity contribution >= 4 is 34.5 Å². The van der Waals surface area contributed by atoms with Crippen molar-refractivity contribution in [2.75, 3.05) is 11.9 Å². The molecule has 0 fully saturated rings. The topological polar surface area (TPSA) is 172 Å². The average Bonchev–Trinajstić information content (AvgIpc) is 3.32. The van der Waals surface area contributed by atoms with Crippen LogP contribution in [-0.2, 0) is 17.9 Å². The first-order valence-electron chi connectivity index (χ1n) is 10.6. The molecule has 1 aliphatic rings. The van der Waals surface area contributed by atoms with E-state index in [1.54, 1.807) is 18.2 Å². The molecule has 2 aromatic heterocycles. The number of fused-ring (bicyclic) bond motifs is 2. The summed E-state index contributed by atoms with van der Waals surface area (Å²) in [6, 6.07) is 15.2. The lowest BCUT2D eigenvalue weighted by Gasteiger charge is -2.18. The maximum Gasteiger partial charge on any atom is 0.339 e. The number of nitrogens with two attached hydrogens (primary N) is 1. The Kier molecular flexibility index (Phi) is 6.98. The molecule has 1 aliphatic heterocycles. The molecule has 0 bridgehead atoms. The summed E-state index contributed by atoms with van der Waals surface area (Å²) in [5, 5.41) is 14.6. The number of aromatic nitrogens is 3. The van der Waals surface area contributed by atoms with E-state index in [9.17, 15) is 14.4 Å². The smallest absolute Gasteiger partial charge is 0.339 e. The van der Waals surface area contributed by atoms with Crippen LogP contribution in [0.25, 0.3) is 11.0 Å². The average molecular weight is 474 g/mol. The lowest BCUT2D eigenvalue weighted by molar-refractivity contribution is -0.118. The number of anilines is 1. The Hall–Kier alpha value is -4.77. The van der Waals surface area contributed by atoms with Crippen molar-refractivity contribution < 1.29 is 24.2 Å². The highest BCUT2D eigenvalue weighted by Gasteiger charge is 2.20. The first kappa shape index (κ1) is 23.4. The molecule has 2 aromatic carbocycles. The number of carboxylic acid groups (broad SMARTS) is 1. The van der Waals surface area contributed by atoms with Gasteiger partial charge in [0.15, 0.2) is 12.3 Å². The Morgan fingerprint density at radius 2 is 1.91 bits per heavy atom. The molecule has 0 radical (unpaired) electrons. The highest BCUT2D eigenvalue weighted by molar-refractivity contribution is 6.08. The summed E-state index contributed by atoms with van der Waals surface area (Å²) in [4.78, 5) is 45.7. The van der Waals surface area contributed by atoms with Crippen LogP contribution in [0.4, 0.5) is 5.69 Å². The van der Waals surface area contributed by atoms with E-state index < -0.39 is 11.9 Å². The minimum atomic E-state index is -1.15. The largest absolute Gasteiger partial charge is 0.482 e. The van der Waals surface area contributed by atoms with Crippen molar-refractivity contribution in [3.63, 3.8) is 0 Å². The molecule has 6 N–H and O–H groups in total. The zero-order valence-corrected chi connectivity index (χ0v) is 18.4. The van der Waals surface area contributed by atoms with Crippen LogP contribution in [0.15, 0.2) is 61.1 Å². The second kappa shape index (κ2) is 10.4. The van der Waals surface area contributed by atoms with E-state index in [0.29, 0.717) is 18.0 Å². The quantitative estimate of drug-likeness (QED) is 0.292. The number of ether oxygens (including phenoxy) is 1. The Bertz CT molecular complexity index is 1390. The summed E-state index contributed by atoms with van der Waals surface area (Å²) in [5.41, 5.74) is 8.24. The van der Waals surface area contributed by atoms with Crippen LogP contribution in [0.5, 0.6) is 5.75 Å². The predicted molar refractivity (Wildman–Crippen MR) is 127 cm³/mol. The molecule has 11 nitrogen and oxygen atoms in total. The number of carbonyl (C=O) groups excluding carboxylic acids is 2. The molecule has 35 heavy (non-hydrogen) atoms. The lowest BCUT2D eigenvalue weighted by atomic mass is 10.1. The van der Waals surface area contributed by atoms with Crippen LogP contribution < -0.4 is 21.1 Å². The molecule has 0 unspecified atom stereocenters. The minimum absolute atomic E-state index is 0.0265. The molecule has 0 saturated carbocycles. The molecule has 0 aliphatic carbocycles. The summed E-state index contributed by atoms with van der Waals surface area (Å²) in [6.45, 7) is 0.794. The zero-order chi connectivity index (χ0) is 24.8. The lowest BCUT2D eigenvalue weighted by Crippen LogP contribution is -2.26. The van der Waals surface area contributed by atoms with E-state index in [-0.39, 0.29) is 41.3 Å². The Labute approximate surface area is 199 Å². The van der Waals surface area contributed by atoms with Gasteiger partial charge in [-0.25, -0.2) is 14.8 Å². The third-order valence-electron chi connectivity index (χ3n) is 5.12. The number of hydrogen-bond acceptors (Lipinski definition) is 7. The van der Waals surface area contributed by atoms with Crippen LogP contribution in [0.2, 0.25) is 0 Å². The third kappa shape index (κ3) is 5.42. The van der Waals surface area contributed by atoms with Gasteiger partial charge in [0.25, 0.3) is 11.8 Å². The maximum absolute atomic E-state index is 12.5. The molecule has 0 spiro atoms. The highest BCUT2D eigenvalue weighted by Crippen LogP contribution is 2.28. The van der Waals surface area contributed by atoms with Crippen LogP contribution in [0, 0.1) is 0 Å². The summed E-state index contributed by atoms with van der Waals surface area (Å²) in [5.74, 6) is -1.31. The summed E-state index contributed by atoms with van der Waals surface area (Å²) >= 11 is 0. The molecule has 0 saturated heterocycles. The van der Waals surface area contributed by atoms with Crippen molar-refractivity contribution in [3.8, 4) is 5.75 Å². The van der Waals surface area contributed by atoms with E-state index in [0.717, 1.165) is 11.9 Å². The number of nitrogens with one attached hydrogen (secondary N) is 3. The highest BCUT2D eigenvalue weighted by atomic mass is 16.5. The molecule has 3 heterocycles. The molecule has 5 rings (SSSR count). The molecule has 4 aromatic rings. The van der Waals surface area contributed by atoms with Gasteiger partial charge >= 0.3 is 5.97 Å². The van der Waals surface area contributed by atoms with Crippen molar-refractivity contribution in [1.82, 2.24) is 20.3 Å². The van der Waals surface area contributed by atoms with Crippen LogP contribution in [0.1, 0.15) is 32.0 Å². The third-order valence-corrected chi connectivity index (χ3v) is 5.12. The van der Waals surface area contributed by atoms with Crippen molar-refractivity contribution in [3.05, 3.63) is 83.4 Å². The number of amides is 2. The summed E-state index contributed by atoms with van der Waals surface area (Å²) in [6.07, 6.45) is 2.41. The van der Waals surface area contributed by atoms with E-state index in [2.05, 4.69) is 25.6 Å². The monoisotopic (exact) mass is 474 g/mol. The Balaban J connectivity index is 0.000000308. The predicted octanol–water partition coefficient (Wildman–Crippen LogP) is 2.06. The zero-order valence-electron chi connectivity index (χ0n) is 18.4. The van der Waals surface area contributed by atoms with Crippen molar-refractivity contribution in [2.24, 2.45) is 5.73 Å². The van der Waals surface area contributed by atoms with Gasteiger partial charge in [0.2, 0.25) is 0 Å². The second-order valence-corrected chi connectivity index (χ2v) is 7.49. The number of hydrogen-bond donors (Lipinski definition) is 5. The van der Waals surface area contributed by atoms with Crippen molar-refractivity contribution in [2.45, 2.75) is 13.1 Å². The molecular formula is C24H22N6O5. The minimum Gasteiger partial charge on any atom is -0.482 e. The van der Waals surface area contributed by atoms with Gasteiger partial charge in [-0.2, -0.15) is 0 Å². The fourth-order valence-corrected chi connectivity index (χ4v) is 3.39. The SMILES string of the molecule is NCc1ccccc1.O=C1COc2ccc(CNC(=O)c3ncnc4c(C(=O)O)c[nH]c34)cc2N1. The van der Waals surface area contributed by atoms with Gasteiger partial charge in [0.05, 0.1) is 11.2 Å². The van der Waals surface area contributed by atoms with Gasteiger partial charge in [0.1, 0.15) is 23.2 Å². The van der Waals surface area contributed by atoms with Crippen molar-refractivity contribution in [1.29, 1.82) is 0 Å². The van der Waals surface area contributed by atoms with E-state index in [4.69, 9.17) is 15.6 Å². The fraction of sp³-hybridized carbons (Fsp3) is 0.125. The second-order valence-electron chi connectivity index (χ2n) is 7.49. The van der Waals surface area contributed by atoms with Crippen LogP contribution in [0.3, 0.4) is 0 Å². The number of nitrogens with zero attached hydrogens (tertiary/aromatic N) is 2. The fourth-order valence-electron chi connectivity index (χ4n) is 3.39. The van der Waals surface area contributed by atoms with E-state index >= 15 is 0 Å². The Morgan fingerprint density at radius 1 is 1.11 bits per heavy atom. The number of H-pyrrole nitrogens is 1. The number of carbonyl (C=O) groups is 3. The molecule has 178 valence electrons. The van der Waals surface area contributed by atoms with Gasteiger partial charge in [-0.1, -0.05) is 36.4 Å². The van der Waals surface area contributed by atoms with Gasteiger partial charge in [-0.15, -0.1) is 0 Å².